The molecule has 0 saturated carbocycles. The van der Waals surface area contributed by atoms with Crippen molar-refractivity contribution in [1.29, 1.82) is 0 Å². The smallest absolute Gasteiger partial charge is 0.407 e. The van der Waals surface area contributed by atoms with Crippen LogP contribution in [0.15, 0.2) is 0 Å². The molecule has 0 atom stereocenters. The number of rotatable bonds is 4. The largest absolute Gasteiger partial charge is 0.465 e. The molecule has 0 spiro atoms. The molecule has 0 radical (unpaired) electrons. The molecule has 62 valence electrons. The lowest BCUT2D eigenvalue weighted by molar-refractivity contribution is 0.155. The van der Waals surface area contributed by atoms with E-state index < -0.39 is 6.09 Å². The van der Waals surface area contributed by atoms with Gasteiger partial charge in [-0.25, -0.2) is 4.79 Å². The van der Waals surface area contributed by atoms with Crippen LogP contribution in [-0.4, -0.2) is 29.7 Å². The van der Waals surface area contributed by atoms with E-state index in [9.17, 15) is 4.79 Å². The molecule has 11 heavy (non-hydrogen) atoms. The normalized spacial score (nSPS) is 8.73. The van der Waals surface area contributed by atoms with E-state index in [0.717, 1.165) is 19.3 Å². The van der Waals surface area contributed by atoms with Crippen LogP contribution in [0.3, 0.4) is 0 Å². The maximum atomic E-state index is 10.2. The summed E-state index contributed by atoms with van der Waals surface area (Å²) in [5, 5.41) is 8.42. The van der Waals surface area contributed by atoms with E-state index in [4.69, 9.17) is 11.5 Å². The van der Waals surface area contributed by atoms with Crippen LogP contribution in [0.2, 0.25) is 0 Å². The Kier molecular flexibility index (Phi) is 5.01. The number of terminal acetylenes is 1. The summed E-state index contributed by atoms with van der Waals surface area (Å²) in [5.41, 5.74) is 0. The first-order valence-electron chi connectivity index (χ1n) is 3.56. The van der Waals surface area contributed by atoms with Crippen molar-refractivity contribution in [3.05, 3.63) is 0 Å². The molecule has 3 heteroatoms. The maximum absolute atomic E-state index is 10.2. The molecule has 0 saturated heterocycles. The van der Waals surface area contributed by atoms with Gasteiger partial charge in [0.15, 0.2) is 0 Å². The molecule has 0 aliphatic rings. The highest BCUT2D eigenvalue weighted by Crippen LogP contribution is 1.95. The van der Waals surface area contributed by atoms with Crippen molar-refractivity contribution in [2.24, 2.45) is 0 Å². The average molecular weight is 155 g/mol. The van der Waals surface area contributed by atoms with Gasteiger partial charge in [0.25, 0.3) is 0 Å². The molecule has 0 rings (SSSR count). The first-order chi connectivity index (χ1) is 5.18. The van der Waals surface area contributed by atoms with E-state index in [1.54, 1.807) is 7.05 Å². The molecule has 0 heterocycles. The van der Waals surface area contributed by atoms with E-state index >= 15 is 0 Å². The first kappa shape index (κ1) is 9.83. The van der Waals surface area contributed by atoms with Gasteiger partial charge >= 0.3 is 6.09 Å². The summed E-state index contributed by atoms with van der Waals surface area (Å²) in [5.74, 6) is 2.50. The minimum absolute atomic E-state index is 0.566. The SMILES string of the molecule is C#CCCCCN(C)C(=O)O. The molecular formula is C8H13NO2. The fourth-order valence-corrected chi connectivity index (χ4v) is 0.672. The zero-order valence-corrected chi connectivity index (χ0v) is 6.71. The molecule has 0 fully saturated rings. The van der Waals surface area contributed by atoms with Gasteiger partial charge in [-0.15, -0.1) is 12.3 Å². The van der Waals surface area contributed by atoms with Crippen LogP contribution in [0.1, 0.15) is 19.3 Å². The summed E-state index contributed by atoms with van der Waals surface area (Å²) >= 11 is 0. The summed E-state index contributed by atoms with van der Waals surface area (Å²) < 4.78 is 0. The van der Waals surface area contributed by atoms with E-state index in [1.165, 1.54) is 4.90 Å². The van der Waals surface area contributed by atoms with Crippen LogP contribution in [-0.2, 0) is 0 Å². The van der Waals surface area contributed by atoms with Crippen LogP contribution in [0.4, 0.5) is 4.79 Å². The van der Waals surface area contributed by atoms with Gasteiger partial charge in [0, 0.05) is 20.0 Å². The number of nitrogens with zero attached hydrogens (tertiary/aromatic N) is 1. The van der Waals surface area contributed by atoms with Gasteiger partial charge in [-0.2, -0.15) is 0 Å². The quantitative estimate of drug-likeness (QED) is 0.492. The molecule has 1 amide bonds. The lowest BCUT2D eigenvalue weighted by Gasteiger charge is -2.11. The van der Waals surface area contributed by atoms with Crippen molar-refractivity contribution >= 4 is 6.09 Å². The standard InChI is InChI=1S/C8H13NO2/c1-3-4-5-6-7-9(2)8(10)11/h1H,4-7H2,2H3,(H,10,11). The Morgan fingerprint density at radius 1 is 1.64 bits per heavy atom. The molecule has 0 unspecified atom stereocenters. The minimum atomic E-state index is -0.884. The predicted molar refractivity (Wildman–Crippen MR) is 43.3 cm³/mol. The Hall–Kier alpha value is -1.17. The second-order valence-corrected chi connectivity index (χ2v) is 2.37. The second kappa shape index (κ2) is 5.60. The predicted octanol–water partition coefficient (Wildman–Crippen LogP) is 1.40. The van der Waals surface area contributed by atoms with Gasteiger partial charge in [0.1, 0.15) is 0 Å². The fourth-order valence-electron chi connectivity index (χ4n) is 0.672. The fraction of sp³-hybridized carbons (Fsp3) is 0.625. The Morgan fingerprint density at radius 3 is 2.73 bits per heavy atom. The lowest BCUT2D eigenvalue weighted by Crippen LogP contribution is -2.25. The summed E-state index contributed by atoms with van der Waals surface area (Å²) in [6.07, 6.45) is 6.61. The average Bonchev–Trinajstić information content (AvgIpc) is 1.97. The minimum Gasteiger partial charge on any atom is -0.465 e. The molecular weight excluding hydrogens is 142 g/mol. The third-order valence-electron chi connectivity index (χ3n) is 1.39. The van der Waals surface area contributed by atoms with Crippen molar-refractivity contribution in [3.8, 4) is 12.3 Å². The van der Waals surface area contributed by atoms with E-state index in [-0.39, 0.29) is 0 Å². The zero-order valence-electron chi connectivity index (χ0n) is 6.71. The van der Waals surface area contributed by atoms with Gasteiger partial charge in [-0.05, 0) is 12.8 Å². The Balaban J connectivity index is 3.26. The number of carbonyl (C=O) groups is 1. The van der Waals surface area contributed by atoms with E-state index in [0.29, 0.717) is 6.54 Å². The van der Waals surface area contributed by atoms with Crippen LogP contribution < -0.4 is 0 Å². The highest BCUT2D eigenvalue weighted by molar-refractivity contribution is 5.64. The van der Waals surface area contributed by atoms with Crippen molar-refractivity contribution in [2.45, 2.75) is 19.3 Å². The van der Waals surface area contributed by atoms with Crippen LogP contribution >= 0.6 is 0 Å². The highest BCUT2D eigenvalue weighted by Gasteiger charge is 2.02. The van der Waals surface area contributed by atoms with Gasteiger partial charge in [0.05, 0.1) is 0 Å². The van der Waals surface area contributed by atoms with Crippen LogP contribution in [0, 0.1) is 12.3 Å². The van der Waals surface area contributed by atoms with E-state index in [1.807, 2.05) is 0 Å². The number of hydrogen-bond acceptors (Lipinski definition) is 1. The Labute approximate surface area is 67.0 Å². The molecule has 0 bridgehead atoms. The third-order valence-corrected chi connectivity index (χ3v) is 1.39. The summed E-state index contributed by atoms with van der Waals surface area (Å²) in [6.45, 7) is 0.566. The van der Waals surface area contributed by atoms with Crippen molar-refractivity contribution in [3.63, 3.8) is 0 Å². The van der Waals surface area contributed by atoms with Crippen LogP contribution in [0.5, 0.6) is 0 Å². The van der Waals surface area contributed by atoms with E-state index in [2.05, 4.69) is 5.92 Å². The molecule has 1 N–H and O–H groups in total. The third kappa shape index (κ3) is 5.28. The Morgan fingerprint density at radius 2 is 2.27 bits per heavy atom. The second-order valence-electron chi connectivity index (χ2n) is 2.37. The number of carboxylic acid groups (broad SMARTS) is 1. The number of hydrogen-bond donors (Lipinski definition) is 1. The van der Waals surface area contributed by atoms with Crippen molar-refractivity contribution in [2.75, 3.05) is 13.6 Å². The summed E-state index contributed by atoms with van der Waals surface area (Å²) in [4.78, 5) is 11.5. The van der Waals surface area contributed by atoms with Crippen molar-refractivity contribution in [1.82, 2.24) is 4.90 Å². The zero-order chi connectivity index (χ0) is 8.69. The summed E-state index contributed by atoms with van der Waals surface area (Å²) in [7, 11) is 1.55. The molecule has 0 aromatic heterocycles. The lowest BCUT2D eigenvalue weighted by atomic mass is 10.2. The van der Waals surface area contributed by atoms with Gasteiger partial charge in [0.2, 0.25) is 0 Å². The highest BCUT2D eigenvalue weighted by atomic mass is 16.4. The first-order valence-corrected chi connectivity index (χ1v) is 3.56. The summed E-state index contributed by atoms with van der Waals surface area (Å²) in [6, 6.07) is 0. The number of unbranched alkanes of at least 4 members (excludes halogenated alkanes) is 2. The van der Waals surface area contributed by atoms with Gasteiger partial charge in [-0.1, -0.05) is 0 Å². The Bertz CT molecular complexity index is 160. The molecule has 0 aromatic carbocycles. The molecule has 3 nitrogen and oxygen atoms in total. The number of amides is 1. The topological polar surface area (TPSA) is 40.5 Å². The van der Waals surface area contributed by atoms with Crippen molar-refractivity contribution < 1.29 is 9.90 Å². The van der Waals surface area contributed by atoms with Gasteiger partial charge < -0.3 is 10.0 Å². The molecule has 0 aliphatic carbocycles. The maximum Gasteiger partial charge on any atom is 0.407 e. The monoisotopic (exact) mass is 155 g/mol. The molecule has 0 aromatic rings. The molecule has 0 aliphatic heterocycles. The van der Waals surface area contributed by atoms with Gasteiger partial charge in [-0.3, -0.25) is 0 Å². The van der Waals surface area contributed by atoms with Crippen LogP contribution in [0.25, 0.3) is 0 Å².